The lowest BCUT2D eigenvalue weighted by atomic mass is 10.2. The quantitative estimate of drug-likeness (QED) is 0.783. The van der Waals surface area contributed by atoms with Crippen molar-refractivity contribution in [3.8, 4) is 0 Å². The molecule has 0 aliphatic carbocycles. The van der Waals surface area contributed by atoms with Gasteiger partial charge in [-0.2, -0.15) is 0 Å². The first-order valence-electron chi connectivity index (χ1n) is 3.97. The van der Waals surface area contributed by atoms with Crippen LogP contribution in [0.4, 0.5) is 0 Å². The molecule has 0 saturated carbocycles. The molecule has 0 aliphatic heterocycles. The van der Waals surface area contributed by atoms with E-state index in [1.165, 1.54) is 6.26 Å². The SMILES string of the molecule is CNCc1ccc(S(C)(=O)=O)cc1. The molecule has 4 heteroatoms. The van der Waals surface area contributed by atoms with Crippen molar-refractivity contribution in [2.45, 2.75) is 11.4 Å². The Morgan fingerprint density at radius 1 is 1.23 bits per heavy atom. The molecule has 1 aromatic rings. The minimum Gasteiger partial charge on any atom is -0.316 e. The summed E-state index contributed by atoms with van der Waals surface area (Å²) in [6, 6.07) is 6.88. The fourth-order valence-corrected chi connectivity index (χ4v) is 1.69. The number of hydrogen-bond donors (Lipinski definition) is 1. The molecule has 0 spiro atoms. The van der Waals surface area contributed by atoms with E-state index in [2.05, 4.69) is 5.32 Å². The van der Waals surface area contributed by atoms with Crippen molar-refractivity contribution in [3.05, 3.63) is 29.8 Å². The van der Waals surface area contributed by atoms with E-state index in [4.69, 9.17) is 0 Å². The van der Waals surface area contributed by atoms with Crippen molar-refractivity contribution < 1.29 is 8.42 Å². The first-order chi connectivity index (χ1) is 6.04. The molecule has 0 radical (unpaired) electrons. The molecule has 1 N–H and O–H groups in total. The van der Waals surface area contributed by atoms with Crippen LogP contribution < -0.4 is 5.32 Å². The Balaban J connectivity index is 2.94. The third-order valence-electron chi connectivity index (χ3n) is 1.73. The van der Waals surface area contributed by atoms with E-state index in [1.807, 2.05) is 19.2 Å². The highest BCUT2D eigenvalue weighted by atomic mass is 32.2. The third kappa shape index (κ3) is 2.82. The van der Waals surface area contributed by atoms with Crippen molar-refractivity contribution >= 4 is 9.84 Å². The molecule has 0 aromatic heterocycles. The van der Waals surface area contributed by atoms with Crippen molar-refractivity contribution in [2.24, 2.45) is 0 Å². The Hall–Kier alpha value is -0.870. The van der Waals surface area contributed by atoms with Gasteiger partial charge in [0.2, 0.25) is 0 Å². The molecule has 1 aromatic carbocycles. The van der Waals surface area contributed by atoms with E-state index < -0.39 is 9.84 Å². The molecular weight excluding hydrogens is 186 g/mol. The van der Waals surface area contributed by atoms with Gasteiger partial charge in [-0.15, -0.1) is 0 Å². The lowest BCUT2D eigenvalue weighted by Gasteiger charge is -2.01. The second-order valence-corrected chi connectivity index (χ2v) is 4.96. The average Bonchev–Trinajstić information content (AvgIpc) is 2.04. The lowest BCUT2D eigenvalue weighted by Crippen LogP contribution is -2.05. The summed E-state index contributed by atoms with van der Waals surface area (Å²) in [7, 11) is -1.20. The Bertz CT molecular complexity index is 367. The predicted octanol–water partition coefficient (Wildman–Crippen LogP) is 0.810. The predicted molar refractivity (Wildman–Crippen MR) is 52.3 cm³/mol. The van der Waals surface area contributed by atoms with Crippen molar-refractivity contribution in [2.75, 3.05) is 13.3 Å². The standard InChI is InChI=1S/C9H13NO2S/c1-10-7-8-3-5-9(6-4-8)13(2,11)12/h3-6,10H,7H2,1-2H3. The Morgan fingerprint density at radius 3 is 2.15 bits per heavy atom. The first-order valence-corrected chi connectivity index (χ1v) is 5.87. The smallest absolute Gasteiger partial charge is 0.175 e. The van der Waals surface area contributed by atoms with Crippen LogP contribution in [0.1, 0.15) is 5.56 Å². The summed E-state index contributed by atoms with van der Waals surface area (Å²) in [4.78, 5) is 0.368. The van der Waals surface area contributed by atoms with Gasteiger partial charge >= 0.3 is 0 Å². The highest BCUT2D eigenvalue weighted by Gasteiger charge is 2.05. The monoisotopic (exact) mass is 199 g/mol. The number of benzene rings is 1. The number of rotatable bonds is 3. The van der Waals surface area contributed by atoms with Crippen LogP contribution in [-0.4, -0.2) is 21.7 Å². The van der Waals surface area contributed by atoms with E-state index in [9.17, 15) is 8.42 Å². The molecule has 1 rings (SSSR count). The van der Waals surface area contributed by atoms with Gasteiger partial charge in [-0.1, -0.05) is 12.1 Å². The van der Waals surface area contributed by atoms with Gasteiger partial charge in [0.15, 0.2) is 9.84 Å². The molecule has 0 fully saturated rings. The fraction of sp³-hybridized carbons (Fsp3) is 0.333. The molecule has 0 bridgehead atoms. The zero-order chi connectivity index (χ0) is 9.90. The van der Waals surface area contributed by atoms with E-state index in [0.717, 1.165) is 12.1 Å². The first kappa shape index (κ1) is 10.2. The van der Waals surface area contributed by atoms with Crippen molar-refractivity contribution in [1.82, 2.24) is 5.32 Å². The lowest BCUT2D eigenvalue weighted by molar-refractivity contribution is 0.602. The van der Waals surface area contributed by atoms with E-state index >= 15 is 0 Å². The summed E-state index contributed by atoms with van der Waals surface area (Å²) in [5, 5.41) is 2.99. The summed E-state index contributed by atoms with van der Waals surface area (Å²) in [6.45, 7) is 0.754. The second kappa shape index (κ2) is 3.89. The van der Waals surface area contributed by atoms with Gasteiger partial charge in [0.05, 0.1) is 4.90 Å². The summed E-state index contributed by atoms with van der Waals surface area (Å²) in [5.74, 6) is 0. The zero-order valence-corrected chi connectivity index (χ0v) is 8.56. The molecule has 0 aliphatic rings. The van der Waals surface area contributed by atoms with E-state index in [1.54, 1.807) is 12.1 Å². The van der Waals surface area contributed by atoms with Crippen molar-refractivity contribution in [3.63, 3.8) is 0 Å². The van der Waals surface area contributed by atoms with Crippen LogP contribution in [0.2, 0.25) is 0 Å². The Labute approximate surface area is 78.7 Å². The molecular formula is C9H13NO2S. The maximum Gasteiger partial charge on any atom is 0.175 e. The number of hydrogen-bond acceptors (Lipinski definition) is 3. The van der Waals surface area contributed by atoms with Crippen LogP contribution >= 0.6 is 0 Å². The molecule has 13 heavy (non-hydrogen) atoms. The summed E-state index contributed by atoms with van der Waals surface area (Å²) in [5.41, 5.74) is 1.08. The highest BCUT2D eigenvalue weighted by molar-refractivity contribution is 7.90. The zero-order valence-electron chi connectivity index (χ0n) is 7.74. The molecule has 3 nitrogen and oxygen atoms in total. The molecule has 0 heterocycles. The summed E-state index contributed by atoms with van der Waals surface area (Å²) < 4.78 is 22.2. The maximum absolute atomic E-state index is 11.1. The number of nitrogens with one attached hydrogen (secondary N) is 1. The van der Waals surface area contributed by atoms with Gasteiger partial charge < -0.3 is 5.32 Å². The largest absolute Gasteiger partial charge is 0.316 e. The van der Waals surface area contributed by atoms with Gasteiger partial charge in [-0.3, -0.25) is 0 Å². The Morgan fingerprint density at radius 2 is 1.77 bits per heavy atom. The average molecular weight is 199 g/mol. The minimum absolute atomic E-state index is 0.368. The third-order valence-corrected chi connectivity index (χ3v) is 2.86. The van der Waals surface area contributed by atoms with E-state index in [0.29, 0.717) is 4.90 Å². The van der Waals surface area contributed by atoms with Gasteiger partial charge in [0.1, 0.15) is 0 Å². The van der Waals surface area contributed by atoms with Gasteiger partial charge in [0, 0.05) is 12.8 Å². The molecule has 0 amide bonds. The van der Waals surface area contributed by atoms with Crippen LogP contribution in [0, 0.1) is 0 Å². The van der Waals surface area contributed by atoms with E-state index in [-0.39, 0.29) is 0 Å². The summed E-state index contributed by atoms with van der Waals surface area (Å²) >= 11 is 0. The van der Waals surface area contributed by atoms with Gasteiger partial charge in [0.25, 0.3) is 0 Å². The fourth-order valence-electron chi connectivity index (χ4n) is 1.06. The topological polar surface area (TPSA) is 46.2 Å². The summed E-state index contributed by atoms with van der Waals surface area (Å²) in [6.07, 6.45) is 1.21. The van der Waals surface area contributed by atoms with Crippen LogP contribution in [0.15, 0.2) is 29.2 Å². The van der Waals surface area contributed by atoms with Crippen molar-refractivity contribution in [1.29, 1.82) is 0 Å². The van der Waals surface area contributed by atoms with Crippen LogP contribution in [0.25, 0.3) is 0 Å². The van der Waals surface area contributed by atoms with Gasteiger partial charge in [-0.05, 0) is 24.7 Å². The van der Waals surface area contributed by atoms with Crippen LogP contribution in [0.5, 0.6) is 0 Å². The molecule has 0 saturated heterocycles. The molecule has 0 atom stereocenters. The highest BCUT2D eigenvalue weighted by Crippen LogP contribution is 2.09. The minimum atomic E-state index is -3.05. The normalized spacial score (nSPS) is 11.5. The number of sulfone groups is 1. The van der Waals surface area contributed by atoms with Gasteiger partial charge in [-0.25, -0.2) is 8.42 Å². The maximum atomic E-state index is 11.1. The Kier molecular flexibility index (Phi) is 3.06. The van der Waals surface area contributed by atoms with Crippen LogP contribution in [0.3, 0.4) is 0 Å². The molecule has 72 valence electrons. The molecule has 0 unspecified atom stereocenters. The van der Waals surface area contributed by atoms with Crippen LogP contribution in [-0.2, 0) is 16.4 Å². The second-order valence-electron chi connectivity index (χ2n) is 2.95.